The number of hydrogen-bond donors (Lipinski definition) is 3. The summed E-state index contributed by atoms with van der Waals surface area (Å²) in [7, 11) is -4.05. The summed E-state index contributed by atoms with van der Waals surface area (Å²) in [4.78, 5) is 28.1. The smallest absolute Gasteiger partial charge is 0.407 e. The largest absolute Gasteiger partial charge is 0.446 e. The lowest BCUT2D eigenvalue weighted by atomic mass is 10.1. The van der Waals surface area contributed by atoms with E-state index >= 15 is 0 Å². The Morgan fingerprint density at radius 2 is 1.93 bits per heavy atom. The second kappa shape index (κ2) is 6.10. The Morgan fingerprint density at radius 1 is 1.40 bits per heavy atom. The van der Waals surface area contributed by atoms with Crippen LogP contribution in [0.15, 0.2) is 0 Å². The number of amides is 1. The summed E-state index contributed by atoms with van der Waals surface area (Å²) in [5.41, 5.74) is 0. The molecule has 1 atom stereocenters. The molecule has 90 valence electrons. The van der Waals surface area contributed by atoms with E-state index in [1.807, 2.05) is 13.8 Å². The fourth-order valence-corrected chi connectivity index (χ4v) is 1.05. The third-order valence-corrected chi connectivity index (χ3v) is 2.71. The molecular formula is C8H18NO5P. The third kappa shape index (κ3) is 8.42. The van der Waals surface area contributed by atoms with E-state index in [0.717, 1.165) is 0 Å². The van der Waals surface area contributed by atoms with Crippen LogP contribution in [0.25, 0.3) is 0 Å². The first-order valence-corrected chi connectivity index (χ1v) is 6.51. The van der Waals surface area contributed by atoms with E-state index in [-0.39, 0.29) is 24.7 Å². The molecule has 0 heterocycles. The van der Waals surface area contributed by atoms with E-state index in [9.17, 15) is 9.36 Å². The zero-order valence-electron chi connectivity index (χ0n) is 9.14. The first-order valence-electron chi connectivity index (χ1n) is 4.71. The molecule has 0 aliphatic rings. The lowest BCUT2D eigenvalue weighted by molar-refractivity contribution is 0.0826. The van der Waals surface area contributed by atoms with Gasteiger partial charge in [0.2, 0.25) is 0 Å². The predicted molar refractivity (Wildman–Crippen MR) is 55.7 cm³/mol. The van der Waals surface area contributed by atoms with Crippen molar-refractivity contribution in [1.29, 1.82) is 0 Å². The van der Waals surface area contributed by atoms with Gasteiger partial charge in [-0.25, -0.2) is 4.79 Å². The van der Waals surface area contributed by atoms with Crippen LogP contribution in [0.2, 0.25) is 0 Å². The van der Waals surface area contributed by atoms with Gasteiger partial charge < -0.3 is 19.8 Å². The third-order valence-electron chi connectivity index (χ3n) is 1.90. The lowest BCUT2D eigenvalue weighted by Crippen LogP contribution is -2.31. The number of alkyl carbamates (subject to hydrolysis) is 1. The number of carbonyl (C=O) groups excluding carboxylic acids is 1. The molecule has 0 saturated heterocycles. The van der Waals surface area contributed by atoms with E-state index in [1.54, 1.807) is 6.92 Å². The Labute approximate surface area is 89.2 Å². The van der Waals surface area contributed by atoms with Crippen molar-refractivity contribution in [1.82, 2.24) is 5.32 Å². The first-order chi connectivity index (χ1) is 6.72. The average molecular weight is 239 g/mol. The molecule has 0 radical (unpaired) electrons. The summed E-state index contributed by atoms with van der Waals surface area (Å²) in [5, 5.41) is 2.27. The van der Waals surface area contributed by atoms with Gasteiger partial charge in [0.25, 0.3) is 0 Å². The van der Waals surface area contributed by atoms with Gasteiger partial charge in [-0.05, 0) is 12.8 Å². The maximum Gasteiger partial charge on any atom is 0.407 e. The fraction of sp³-hybridized carbons (Fsp3) is 0.875. The van der Waals surface area contributed by atoms with Crippen molar-refractivity contribution in [2.45, 2.75) is 26.9 Å². The fourth-order valence-electron chi connectivity index (χ4n) is 0.650. The number of nitrogens with one attached hydrogen (secondary N) is 1. The van der Waals surface area contributed by atoms with Crippen molar-refractivity contribution >= 4 is 13.7 Å². The molecule has 0 bridgehead atoms. The Kier molecular flexibility index (Phi) is 5.87. The molecule has 7 heteroatoms. The van der Waals surface area contributed by atoms with Gasteiger partial charge in [-0.15, -0.1) is 0 Å². The Morgan fingerprint density at radius 3 is 2.33 bits per heavy atom. The molecule has 15 heavy (non-hydrogen) atoms. The van der Waals surface area contributed by atoms with Crippen LogP contribution < -0.4 is 5.32 Å². The van der Waals surface area contributed by atoms with Gasteiger partial charge >= 0.3 is 13.7 Å². The summed E-state index contributed by atoms with van der Waals surface area (Å²) in [5.74, 6) is 0.206. The van der Waals surface area contributed by atoms with Crippen LogP contribution in [-0.4, -0.2) is 34.7 Å². The SMILES string of the molecule is CC(C)C(C)OC(=O)NCCP(=O)(O)O. The predicted octanol–water partition coefficient (Wildman–Crippen LogP) is 0.935. The Bertz CT molecular complexity index is 249. The van der Waals surface area contributed by atoms with Gasteiger partial charge in [-0.2, -0.15) is 0 Å². The number of rotatable bonds is 5. The van der Waals surface area contributed by atoms with Crippen molar-refractivity contribution in [2.24, 2.45) is 5.92 Å². The average Bonchev–Trinajstić information content (AvgIpc) is 2.01. The number of carbonyl (C=O) groups is 1. The van der Waals surface area contributed by atoms with E-state index in [2.05, 4.69) is 5.32 Å². The minimum absolute atomic E-state index is 0.0894. The molecule has 6 nitrogen and oxygen atoms in total. The molecule has 0 rings (SSSR count). The zero-order chi connectivity index (χ0) is 12.1. The van der Waals surface area contributed by atoms with Crippen LogP contribution in [0.1, 0.15) is 20.8 Å². The molecule has 0 aliphatic heterocycles. The second-order valence-electron chi connectivity index (χ2n) is 3.67. The highest BCUT2D eigenvalue weighted by molar-refractivity contribution is 7.51. The lowest BCUT2D eigenvalue weighted by Gasteiger charge is -2.16. The monoisotopic (exact) mass is 239 g/mol. The molecule has 0 fully saturated rings. The maximum atomic E-state index is 11.1. The highest BCUT2D eigenvalue weighted by atomic mass is 31.2. The van der Waals surface area contributed by atoms with Gasteiger partial charge in [0, 0.05) is 6.54 Å². The molecule has 1 amide bonds. The topological polar surface area (TPSA) is 95.9 Å². The molecular weight excluding hydrogens is 221 g/mol. The molecule has 0 aromatic carbocycles. The van der Waals surface area contributed by atoms with Crippen LogP contribution in [0.3, 0.4) is 0 Å². The molecule has 0 aliphatic carbocycles. The van der Waals surface area contributed by atoms with Gasteiger partial charge in [-0.1, -0.05) is 13.8 Å². The summed E-state index contributed by atoms with van der Waals surface area (Å²) in [6.45, 7) is 5.49. The molecule has 0 spiro atoms. The van der Waals surface area contributed by atoms with Crippen LogP contribution in [0.4, 0.5) is 4.79 Å². The zero-order valence-corrected chi connectivity index (χ0v) is 10.0. The quantitative estimate of drug-likeness (QED) is 0.620. The van der Waals surface area contributed by atoms with Gasteiger partial charge in [-0.3, -0.25) is 4.57 Å². The minimum Gasteiger partial charge on any atom is -0.446 e. The normalized spacial score (nSPS) is 13.7. The highest BCUT2D eigenvalue weighted by Gasteiger charge is 2.15. The van der Waals surface area contributed by atoms with Gasteiger partial charge in [0.1, 0.15) is 6.10 Å². The highest BCUT2D eigenvalue weighted by Crippen LogP contribution is 2.32. The molecule has 0 aromatic rings. The van der Waals surface area contributed by atoms with Gasteiger partial charge in [0.05, 0.1) is 6.16 Å². The van der Waals surface area contributed by atoms with Crippen molar-refractivity contribution in [2.75, 3.05) is 12.7 Å². The molecule has 3 N–H and O–H groups in total. The Hall–Kier alpha value is -0.580. The van der Waals surface area contributed by atoms with E-state index in [1.165, 1.54) is 0 Å². The molecule has 0 aromatic heterocycles. The van der Waals surface area contributed by atoms with Crippen molar-refractivity contribution in [3.05, 3.63) is 0 Å². The van der Waals surface area contributed by atoms with Crippen LogP contribution in [0, 0.1) is 5.92 Å². The van der Waals surface area contributed by atoms with E-state index in [4.69, 9.17) is 14.5 Å². The Balaban J connectivity index is 3.72. The summed E-state index contributed by atoms with van der Waals surface area (Å²) in [6, 6.07) is 0. The maximum absolute atomic E-state index is 11.1. The van der Waals surface area contributed by atoms with Crippen LogP contribution in [0.5, 0.6) is 0 Å². The second-order valence-corrected chi connectivity index (χ2v) is 5.45. The summed E-state index contributed by atoms with van der Waals surface area (Å²) < 4.78 is 15.4. The minimum atomic E-state index is -4.05. The van der Waals surface area contributed by atoms with Crippen molar-refractivity contribution in [3.63, 3.8) is 0 Å². The van der Waals surface area contributed by atoms with Crippen LogP contribution >= 0.6 is 7.60 Å². The number of ether oxygens (including phenoxy) is 1. The van der Waals surface area contributed by atoms with E-state index in [0.29, 0.717) is 0 Å². The summed E-state index contributed by atoms with van der Waals surface area (Å²) >= 11 is 0. The summed E-state index contributed by atoms with van der Waals surface area (Å²) in [6.07, 6.45) is -1.25. The molecule has 0 saturated carbocycles. The standard InChI is InChI=1S/C8H18NO5P/c1-6(2)7(3)14-8(10)9-4-5-15(11,12)13/h6-7H,4-5H2,1-3H3,(H,9,10)(H2,11,12,13). The molecule has 1 unspecified atom stereocenters. The van der Waals surface area contributed by atoms with Gasteiger partial charge in [0.15, 0.2) is 0 Å². The van der Waals surface area contributed by atoms with Crippen LogP contribution in [-0.2, 0) is 9.30 Å². The van der Waals surface area contributed by atoms with Crippen molar-refractivity contribution < 1.29 is 23.9 Å². The van der Waals surface area contributed by atoms with Crippen molar-refractivity contribution in [3.8, 4) is 0 Å². The first kappa shape index (κ1) is 14.4. The van der Waals surface area contributed by atoms with E-state index < -0.39 is 13.7 Å². The number of hydrogen-bond acceptors (Lipinski definition) is 3.